The van der Waals surface area contributed by atoms with Gasteiger partial charge in [0.25, 0.3) is 11.6 Å². The fourth-order valence-electron chi connectivity index (χ4n) is 3.52. The minimum atomic E-state index is -2.93. The third-order valence-corrected chi connectivity index (χ3v) is 6.85. The molecule has 0 N–H and O–H groups in total. The van der Waals surface area contributed by atoms with Crippen LogP contribution < -0.4 is 9.47 Å². The molecule has 11 heteroatoms. The number of sulfone groups is 1. The molecule has 28 heavy (non-hydrogen) atoms. The lowest BCUT2D eigenvalue weighted by Crippen LogP contribution is -2.53. The Hall–Kier alpha value is -2.40. The van der Waals surface area contributed by atoms with E-state index < -0.39 is 14.8 Å². The van der Waals surface area contributed by atoms with Crippen LogP contribution in [-0.4, -0.2) is 86.5 Å². The van der Waals surface area contributed by atoms with Crippen LogP contribution in [0.3, 0.4) is 0 Å². The van der Waals surface area contributed by atoms with Gasteiger partial charge in [-0.3, -0.25) is 19.8 Å². The fourth-order valence-corrected chi connectivity index (χ4v) is 5.28. The lowest BCUT2D eigenvalue weighted by atomic mass is 10.2. The van der Waals surface area contributed by atoms with Crippen LogP contribution in [0.4, 0.5) is 5.69 Å². The Balaban J connectivity index is 1.53. The molecule has 0 unspecified atom stereocenters. The molecule has 0 saturated carbocycles. The van der Waals surface area contributed by atoms with Gasteiger partial charge < -0.3 is 14.4 Å². The maximum atomic E-state index is 12.4. The summed E-state index contributed by atoms with van der Waals surface area (Å²) in [5, 5.41) is 10.9. The second kappa shape index (κ2) is 8.31. The zero-order chi connectivity index (χ0) is 20.3. The number of carbonyl (C=O) groups excluding carboxylic acids is 1. The van der Waals surface area contributed by atoms with Crippen LogP contribution >= 0.6 is 0 Å². The van der Waals surface area contributed by atoms with E-state index in [1.807, 2.05) is 0 Å². The molecule has 0 aliphatic carbocycles. The lowest BCUT2D eigenvalue weighted by Gasteiger charge is -2.37. The van der Waals surface area contributed by atoms with Crippen molar-refractivity contribution in [2.75, 3.05) is 51.4 Å². The Morgan fingerprint density at radius 1 is 1.25 bits per heavy atom. The standard InChI is InChI=1S/C17H23N3O7S/c1-26-15-3-2-13(20(22)23)10-16(15)27-11-17(21)19-7-5-18(6-8-19)14-4-9-28(24,25)12-14/h2-3,10,14H,4-9,11-12H2,1H3/t14-/m1/s1. The van der Waals surface area contributed by atoms with Gasteiger partial charge in [-0.2, -0.15) is 0 Å². The fraction of sp³-hybridized carbons (Fsp3) is 0.588. The van der Waals surface area contributed by atoms with E-state index in [4.69, 9.17) is 9.47 Å². The maximum absolute atomic E-state index is 12.4. The topological polar surface area (TPSA) is 119 Å². The molecule has 1 aromatic carbocycles. The molecule has 1 amide bonds. The SMILES string of the molecule is COc1ccc([N+](=O)[O-])cc1OCC(=O)N1CCN([C@@H]2CCS(=O)(=O)C2)CC1. The third-order valence-electron chi connectivity index (χ3n) is 5.10. The van der Waals surface area contributed by atoms with Crippen molar-refractivity contribution < 1.29 is 27.6 Å². The van der Waals surface area contributed by atoms with Crippen LogP contribution in [0.1, 0.15) is 6.42 Å². The molecule has 2 heterocycles. The average molecular weight is 413 g/mol. The number of benzene rings is 1. The second-order valence-electron chi connectivity index (χ2n) is 6.85. The second-order valence-corrected chi connectivity index (χ2v) is 9.08. The van der Waals surface area contributed by atoms with Crippen molar-refractivity contribution in [2.45, 2.75) is 12.5 Å². The van der Waals surface area contributed by atoms with E-state index in [-0.39, 0.29) is 41.5 Å². The molecule has 2 aliphatic rings. The number of carbonyl (C=O) groups is 1. The smallest absolute Gasteiger partial charge is 0.273 e. The number of nitrogens with zero attached hydrogens (tertiary/aromatic N) is 3. The van der Waals surface area contributed by atoms with Crippen LogP contribution in [0, 0.1) is 10.1 Å². The predicted octanol–water partition coefficient (Wildman–Crippen LogP) is 0.314. The summed E-state index contributed by atoms with van der Waals surface area (Å²) < 4.78 is 33.9. The highest BCUT2D eigenvalue weighted by Gasteiger charge is 2.34. The molecule has 0 spiro atoms. The number of hydrogen-bond donors (Lipinski definition) is 0. The van der Waals surface area contributed by atoms with Crippen molar-refractivity contribution in [2.24, 2.45) is 0 Å². The Bertz CT molecular complexity index is 850. The Labute approximate surface area is 163 Å². The highest BCUT2D eigenvalue weighted by atomic mass is 32.2. The largest absolute Gasteiger partial charge is 0.493 e. The van der Waals surface area contributed by atoms with Gasteiger partial charge in [-0.1, -0.05) is 0 Å². The summed E-state index contributed by atoms with van der Waals surface area (Å²) in [4.78, 5) is 26.6. The van der Waals surface area contributed by atoms with Gasteiger partial charge in [0.1, 0.15) is 0 Å². The number of amides is 1. The van der Waals surface area contributed by atoms with Crippen molar-refractivity contribution >= 4 is 21.4 Å². The van der Waals surface area contributed by atoms with Crippen molar-refractivity contribution in [3.8, 4) is 11.5 Å². The maximum Gasteiger partial charge on any atom is 0.273 e. The number of rotatable bonds is 6. The van der Waals surface area contributed by atoms with Gasteiger partial charge >= 0.3 is 0 Å². The first-order valence-electron chi connectivity index (χ1n) is 8.96. The van der Waals surface area contributed by atoms with Crippen LogP contribution in [0.5, 0.6) is 11.5 Å². The van der Waals surface area contributed by atoms with Crippen LogP contribution in [0.2, 0.25) is 0 Å². The highest BCUT2D eigenvalue weighted by molar-refractivity contribution is 7.91. The lowest BCUT2D eigenvalue weighted by molar-refractivity contribution is -0.385. The van der Waals surface area contributed by atoms with E-state index in [1.165, 1.54) is 25.3 Å². The molecule has 2 fully saturated rings. The number of non-ortho nitro benzene ring substituents is 1. The van der Waals surface area contributed by atoms with E-state index in [1.54, 1.807) is 4.90 Å². The van der Waals surface area contributed by atoms with Crippen molar-refractivity contribution in [1.82, 2.24) is 9.80 Å². The molecule has 154 valence electrons. The first kappa shape index (κ1) is 20.3. The zero-order valence-corrected chi connectivity index (χ0v) is 16.4. The molecule has 10 nitrogen and oxygen atoms in total. The first-order chi connectivity index (χ1) is 13.3. The molecular formula is C17H23N3O7S. The van der Waals surface area contributed by atoms with E-state index >= 15 is 0 Å². The Morgan fingerprint density at radius 3 is 2.54 bits per heavy atom. The van der Waals surface area contributed by atoms with E-state index in [2.05, 4.69) is 4.90 Å². The summed E-state index contributed by atoms with van der Waals surface area (Å²) in [5.74, 6) is 0.643. The Kier molecular flexibility index (Phi) is 6.04. The number of hydrogen-bond acceptors (Lipinski definition) is 8. The van der Waals surface area contributed by atoms with Gasteiger partial charge in [0.2, 0.25) is 0 Å². The molecule has 2 aliphatic heterocycles. The number of methoxy groups -OCH3 is 1. The molecule has 0 radical (unpaired) electrons. The summed E-state index contributed by atoms with van der Waals surface area (Å²) in [5.41, 5.74) is -0.150. The summed E-state index contributed by atoms with van der Waals surface area (Å²) in [6, 6.07) is 3.99. The molecule has 1 aromatic rings. The van der Waals surface area contributed by atoms with Crippen LogP contribution in [-0.2, 0) is 14.6 Å². The van der Waals surface area contributed by atoms with Crippen LogP contribution in [0.25, 0.3) is 0 Å². The number of piperazine rings is 1. The van der Waals surface area contributed by atoms with Gasteiger partial charge in [0.15, 0.2) is 27.9 Å². The monoisotopic (exact) mass is 413 g/mol. The third kappa shape index (κ3) is 4.71. The van der Waals surface area contributed by atoms with Gasteiger partial charge in [-0.05, 0) is 12.5 Å². The van der Waals surface area contributed by atoms with Gasteiger partial charge in [-0.25, -0.2) is 8.42 Å². The minimum absolute atomic E-state index is 0.0348. The highest BCUT2D eigenvalue weighted by Crippen LogP contribution is 2.31. The number of nitro groups is 1. The summed E-state index contributed by atoms with van der Waals surface area (Å²) in [6.45, 7) is 1.96. The normalized spacial score (nSPS) is 22.0. The molecule has 0 aromatic heterocycles. The zero-order valence-electron chi connectivity index (χ0n) is 15.6. The molecule has 2 saturated heterocycles. The van der Waals surface area contributed by atoms with Crippen molar-refractivity contribution in [3.63, 3.8) is 0 Å². The van der Waals surface area contributed by atoms with Crippen molar-refractivity contribution in [1.29, 1.82) is 0 Å². The van der Waals surface area contributed by atoms with E-state index in [0.29, 0.717) is 38.3 Å². The minimum Gasteiger partial charge on any atom is -0.493 e. The van der Waals surface area contributed by atoms with Crippen molar-refractivity contribution in [3.05, 3.63) is 28.3 Å². The van der Waals surface area contributed by atoms with E-state index in [0.717, 1.165) is 0 Å². The number of nitro benzene ring substituents is 1. The Morgan fingerprint density at radius 2 is 1.96 bits per heavy atom. The first-order valence-corrected chi connectivity index (χ1v) is 10.8. The summed E-state index contributed by atoms with van der Waals surface area (Å²) in [7, 11) is -1.52. The predicted molar refractivity (Wildman–Crippen MR) is 100 cm³/mol. The summed E-state index contributed by atoms with van der Waals surface area (Å²) >= 11 is 0. The average Bonchev–Trinajstić information content (AvgIpc) is 3.05. The van der Waals surface area contributed by atoms with Gasteiger partial charge in [0, 0.05) is 38.3 Å². The molecule has 3 rings (SSSR count). The van der Waals surface area contributed by atoms with Gasteiger partial charge in [0.05, 0.1) is 29.6 Å². The van der Waals surface area contributed by atoms with Gasteiger partial charge in [-0.15, -0.1) is 0 Å². The summed E-state index contributed by atoms with van der Waals surface area (Å²) in [6.07, 6.45) is 0.645. The molecular weight excluding hydrogens is 390 g/mol. The number of ether oxygens (including phenoxy) is 2. The quantitative estimate of drug-likeness (QED) is 0.483. The molecule has 0 bridgehead atoms. The van der Waals surface area contributed by atoms with Crippen LogP contribution in [0.15, 0.2) is 18.2 Å². The van der Waals surface area contributed by atoms with E-state index in [9.17, 15) is 23.3 Å². The molecule has 1 atom stereocenters.